The highest BCUT2D eigenvalue weighted by Crippen LogP contribution is 2.12. The maximum atomic E-state index is 5.28. The molecule has 0 fully saturated rings. The molecule has 0 saturated heterocycles. The maximum Gasteiger partial charge on any atom is 0.177 e. The number of nitrogens with one attached hydrogen (secondary N) is 2. The van der Waals surface area contributed by atoms with Crippen molar-refractivity contribution in [3.8, 4) is 0 Å². The van der Waals surface area contributed by atoms with E-state index in [2.05, 4.69) is 22.9 Å². The van der Waals surface area contributed by atoms with Gasteiger partial charge in [-0.2, -0.15) is 0 Å². The molecule has 0 aliphatic carbocycles. The average Bonchev–Trinajstić information content (AvgIpc) is 2.07. The predicted molar refractivity (Wildman–Crippen MR) is 67.3 cm³/mol. The van der Waals surface area contributed by atoms with Gasteiger partial charge in [0.2, 0.25) is 0 Å². The van der Waals surface area contributed by atoms with Crippen molar-refractivity contribution < 1.29 is 0 Å². The molecule has 0 spiro atoms. The van der Waals surface area contributed by atoms with E-state index in [1.54, 1.807) is 0 Å². The van der Waals surface area contributed by atoms with Crippen LogP contribution in [0.4, 0.5) is 5.69 Å². The van der Waals surface area contributed by atoms with Crippen molar-refractivity contribution in [1.29, 1.82) is 0 Å². The van der Waals surface area contributed by atoms with Gasteiger partial charge in [-0.15, -0.1) is 0 Å². The molecule has 0 aromatic heterocycles. The van der Waals surface area contributed by atoms with E-state index in [0.29, 0.717) is 5.11 Å². The van der Waals surface area contributed by atoms with E-state index >= 15 is 0 Å². The Morgan fingerprint density at radius 3 is 2.50 bits per heavy atom. The van der Waals surface area contributed by atoms with Gasteiger partial charge < -0.3 is 16.4 Å². The Hall–Kier alpha value is -1.20. The highest BCUT2D eigenvalue weighted by atomic mass is 32.1. The average molecular weight is 225 g/mol. The summed E-state index contributed by atoms with van der Waals surface area (Å²) in [5.74, 6) is 0. The lowest BCUT2D eigenvalue weighted by Crippen LogP contribution is -2.37. The molecule has 0 atom stereocenters. The number of hydrogen-bond acceptors (Lipinski definition) is 2. The van der Waals surface area contributed by atoms with E-state index in [0.717, 1.165) is 11.3 Å². The molecule has 5 heteroatoms. The maximum absolute atomic E-state index is 5.28. The number of anilines is 1. The number of thiocarbonyl (C=S) groups is 2. The van der Waals surface area contributed by atoms with E-state index in [1.807, 2.05) is 31.2 Å². The van der Waals surface area contributed by atoms with E-state index < -0.39 is 0 Å². The number of hydrogen-bond donors (Lipinski definition) is 3. The third-order valence-electron chi connectivity index (χ3n) is 1.63. The predicted octanol–water partition coefficient (Wildman–Crippen LogP) is 1.53. The standard InChI is InChI=1S/C9H11N3S2/c1-6-4-2-3-5-7(6)11-9(14)12-8(10)13/h2-5H,1H3,(H4,10,11,12,13,14). The van der Waals surface area contributed by atoms with Crippen molar-refractivity contribution in [2.24, 2.45) is 5.73 Å². The lowest BCUT2D eigenvalue weighted by atomic mass is 10.2. The van der Waals surface area contributed by atoms with Gasteiger partial charge in [0.1, 0.15) is 0 Å². The summed E-state index contributed by atoms with van der Waals surface area (Å²) in [5.41, 5.74) is 7.33. The molecule has 4 N–H and O–H groups in total. The third kappa shape index (κ3) is 3.27. The summed E-state index contributed by atoms with van der Waals surface area (Å²) in [6.07, 6.45) is 0. The van der Waals surface area contributed by atoms with Gasteiger partial charge in [0.05, 0.1) is 0 Å². The molecule has 0 aliphatic heterocycles. The lowest BCUT2D eigenvalue weighted by Gasteiger charge is -2.10. The minimum atomic E-state index is 0.163. The minimum Gasteiger partial charge on any atom is -0.376 e. The lowest BCUT2D eigenvalue weighted by molar-refractivity contribution is 1.36. The van der Waals surface area contributed by atoms with Crippen molar-refractivity contribution in [2.75, 3.05) is 5.32 Å². The zero-order chi connectivity index (χ0) is 10.6. The fraction of sp³-hybridized carbons (Fsp3) is 0.111. The summed E-state index contributed by atoms with van der Waals surface area (Å²) < 4.78 is 0. The van der Waals surface area contributed by atoms with Crippen LogP contribution in [0.2, 0.25) is 0 Å². The molecule has 1 aromatic rings. The van der Waals surface area contributed by atoms with E-state index in [-0.39, 0.29) is 5.11 Å². The van der Waals surface area contributed by atoms with Crippen molar-refractivity contribution in [3.63, 3.8) is 0 Å². The topological polar surface area (TPSA) is 50.1 Å². The molecule has 0 bridgehead atoms. The van der Waals surface area contributed by atoms with Gasteiger partial charge in [0.15, 0.2) is 10.2 Å². The third-order valence-corrected chi connectivity index (χ3v) is 1.94. The quantitative estimate of drug-likeness (QED) is 0.633. The van der Waals surface area contributed by atoms with Gasteiger partial charge in [-0.25, -0.2) is 0 Å². The molecule has 0 amide bonds. The fourth-order valence-corrected chi connectivity index (χ4v) is 1.37. The smallest absolute Gasteiger partial charge is 0.177 e. The van der Waals surface area contributed by atoms with Crippen LogP contribution in [0.25, 0.3) is 0 Å². The van der Waals surface area contributed by atoms with Crippen LogP contribution in [-0.4, -0.2) is 10.2 Å². The summed E-state index contributed by atoms with van der Waals surface area (Å²) in [4.78, 5) is 0. The molecular weight excluding hydrogens is 214 g/mol. The van der Waals surface area contributed by atoms with Crippen molar-refractivity contribution >= 4 is 40.3 Å². The SMILES string of the molecule is Cc1ccccc1NC(=S)NC(N)=S. The molecule has 0 unspecified atom stereocenters. The number of aryl methyl sites for hydroxylation is 1. The van der Waals surface area contributed by atoms with Crippen molar-refractivity contribution in [2.45, 2.75) is 6.92 Å². The highest BCUT2D eigenvalue weighted by Gasteiger charge is 1.99. The second-order valence-electron chi connectivity index (χ2n) is 2.76. The van der Waals surface area contributed by atoms with Gasteiger partial charge >= 0.3 is 0 Å². The van der Waals surface area contributed by atoms with Crippen LogP contribution in [0.15, 0.2) is 24.3 Å². The Morgan fingerprint density at radius 1 is 1.29 bits per heavy atom. The zero-order valence-electron chi connectivity index (χ0n) is 7.70. The number of para-hydroxylation sites is 1. The summed E-state index contributed by atoms with van der Waals surface area (Å²) in [6.45, 7) is 1.99. The number of benzene rings is 1. The Morgan fingerprint density at radius 2 is 1.93 bits per heavy atom. The molecule has 74 valence electrons. The van der Waals surface area contributed by atoms with Crippen LogP contribution in [0, 0.1) is 6.92 Å². The van der Waals surface area contributed by atoms with Crippen LogP contribution in [0.5, 0.6) is 0 Å². The Kier molecular flexibility index (Phi) is 3.79. The highest BCUT2D eigenvalue weighted by molar-refractivity contribution is 7.82. The van der Waals surface area contributed by atoms with Gasteiger partial charge in [-0.1, -0.05) is 18.2 Å². The second-order valence-corrected chi connectivity index (χ2v) is 3.61. The Labute approximate surface area is 93.7 Å². The normalized spacial score (nSPS) is 9.21. The van der Waals surface area contributed by atoms with Crippen molar-refractivity contribution in [1.82, 2.24) is 5.32 Å². The number of nitrogens with two attached hydrogens (primary N) is 1. The molecule has 0 heterocycles. The van der Waals surface area contributed by atoms with Gasteiger partial charge in [-0.05, 0) is 43.0 Å². The second kappa shape index (κ2) is 4.88. The molecule has 1 aromatic carbocycles. The Balaban J connectivity index is 2.65. The largest absolute Gasteiger partial charge is 0.376 e. The first-order valence-electron chi connectivity index (χ1n) is 4.02. The van der Waals surface area contributed by atoms with Crippen LogP contribution < -0.4 is 16.4 Å². The molecule has 0 aliphatic rings. The summed E-state index contributed by atoms with van der Waals surface area (Å²) in [6, 6.07) is 7.82. The van der Waals surface area contributed by atoms with E-state index in [4.69, 9.17) is 18.0 Å². The summed E-state index contributed by atoms with van der Waals surface area (Å²) >= 11 is 9.64. The van der Waals surface area contributed by atoms with E-state index in [9.17, 15) is 0 Å². The summed E-state index contributed by atoms with van der Waals surface area (Å²) in [5, 5.41) is 6.21. The van der Waals surface area contributed by atoms with Crippen molar-refractivity contribution in [3.05, 3.63) is 29.8 Å². The molecular formula is C9H11N3S2. The molecule has 1 rings (SSSR count). The first kappa shape index (κ1) is 10.9. The van der Waals surface area contributed by atoms with Crippen LogP contribution >= 0.6 is 24.4 Å². The van der Waals surface area contributed by atoms with Gasteiger partial charge in [-0.3, -0.25) is 0 Å². The Bertz CT molecular complexity index is 363. The molecule has 14 heavy (non-hydrogen) atoms. The fourth-order valence-electron chi connectivity index (χ4n) is 0.979. The molecule has 3 nitrogen and oxygen atoms in total. The molecule has 0 radical (unpaired) electrons. The summed E-state index contributed by atoms with van der Waals surface area (Å²) in [7, 11) is 0. The first-order valence-corrected chi connectivity index (χ1v) is 4.84. The van der Waals surface area contributed by atoms with E-state index in [1.165, 1.54) is 0 Å². The van der Waals surface area contributed by atoms with Crippen LogP contribution in [-0.2, 0) is 0 Å². The van der Waals surface area contributed by atoms with Crippen LogP contribution in [0.3, 0.4) is 0 Å². The molecule has 0 saturated carbocycles. The van der Waals surface area contributed by atoms with Gasteiger partial charge in [0, 0.05) is 5.69 Å². The minimum absolute atomic E-state index is 0.163. The monoisotopic (exact) mass is 225 g/mol. The van der Waals surface area contributed by atoms with Gasteiger partial charge in [0.25, 0.3) is 0 Å². The number of rotatable bonds is 1. The first-order chi connectivity index (χ1) is 6.59. The van der Waals surface area contributed by atoms with Crippen LogP contribution in [0.1, 0.15) is 5.56 Å². The zero-order valence-corrected chi connectivity index (χ0v) is 9.34.